The highest BCUT2D eigenvalue weighted by Crippen LogP contribution is 2.54. The van der Waals surface area contributed by atoms with Gasteiger partial charge in [0.2, 0.25) is 0 Å². The highest BCUT2D eigenvalue weighted by molar-refractivity contribution is 9.11. The molecule has 5 aromatic carbocycles. The molecule has 5 aromatic rings. The molecular formula is C49H53BrN2. The number of anilines is 5. The van der Waals surface area contributed by atoms with Crippen LogP contribution in [0.1, 0.15) is 99.5 Å². The van der Waals surface area contributed by atoms with E-state index in [1.165, 1.54) is 116 Å². The summed E-state index contributed by atoms with van der Waals surface area (Å²) in [4.78, 5) is 4.92. The molecule has 0 saturated heterocycles. The highest BCUT2D eigenvalue weighted by Gasteiger charge is 2.40. The number of hydrogen-bond acceptors (Lipinski definition) is 2. The molecule has 266 valence electrons. The van der Waals surface area contributed by atoms with Gasteiger partial charge in [0.25, 0.3) is 0 Å². The Balaban J connectivity index is 1.34. The molecule has 0 spiro atoms. The smallest absolute Gasteiger partial charge is 0.0465 e. The van der Waals surface area contributed by atoms with Gasteiger partial charge in [0.05, 0.1) is 0 Å². The number of aryl methyl sites for hydroxylation is 3. The van der Waals surface area contributed by atoms with Gasteiger partial charge in [0.1, 0.15) is 0 Å². The summed E-state index contributed by atoms with van der Waals surface area (Å²) in [5, 5.41) is 0. The van der Waals surface area contributed by atoms with Gasteiger partial charge in [-0.05, 0) is 134 Å². The van der Waals surface area contributed by atoms with Crippen molar-refractivity contribution >= 4 is 44.4 Å². The Kier molecular flexibility index (Phi) is 10.9. The van der Waals surface area contributed by atoms with Crippen LogP contribution in [0.2, 0.25) is 0 Å². The number of fused-ring (bicyclic) bond motifs is 3. The first kappa shape index (κ1) is 36.0. The Morgan fingerprint density at radius 3 is 1.44 bits per heavy atom. The van der Waals surface area contributed by atoms with Crippen molar-refractivity contribution in [1.29, 1.82) is 0 Å². The van der Waals surface area contributed by atoms with Crippen LogP contribution < -0.4 is 9.80 Å². The van der Waals surface area contributed by atoms with Crippen molar-refractivity contribution < 1.29 is 0 Å². The zero-order valence-electron chi connectivity index (χ0n) is 31.7. The Hall–Kier alpha value is -4.34. The molecule has 0 N–H and O–H groups in total. The molecule has 1 atom stereocenters. The molecule has 2 nitrogen and oxygen atoms in total. The fourth-order valence-electron chi connectivity index (χ4n) is 8.20. The summed E-state index contributed by atoms with van der Waals surface area (Å²) in [6.45, 7) is 11.3. The summed E-state index contributed by atoms with van der Waals surface area (Å²) >= 11 is 3.75. The van der Waals surface area contributed by atoms with Gasteiger partial charge >= 0.3 is 0 Å². The zero-order chi connectivity index (χ0) is 36.2. The first-order valence-electron chi connectivity index (χ1n) is 19.4. The third kappa shape index (κ3) is 7.44. The van der Waals surface area contributed by atoms with Crippen molar-refractivity contribution in [1.82, 2.24) is 0 Å². The van der Waals surface area contributed by atoms with E-state index in [9.17, 15) is 0 Å². The van der Waals surface area contributed by atoms with Gasteiger partial charge in [-0.2, -0.15) is 0 Å². The van der Waals surface area contributed by atoms with Gasteiger partial charge < -0.3 is 9.80 Å². The Bertz CT molecular complexity index is 2020. The first-order chi connectivity index (χ1) is 25.2. The Morgan fingerprint density at radius 1 is 0.519 bits per heavy atom. The molecule has 2 aliphatic carbocycles. The van der Waals surface area contributed by atoms with E-state index in [1.54, 1.807) is 0 Å². The highest BCUT2D eigenvalue weighted by atomic mass is 79.9. The minimum absolute atomic E-state index is 0.115. The van der Waals surface area contributed by atoms with Crippen LogP contribution in [-0.4, -0.2) is 0 Å². The lowest BCUT2D eigenvalue weighted by Crippen LogP contribution is -2.23. The Morgan fingerprint density at radius 2 is 0.962 bits per heavy atom. The van der Waals surface area contributed by atoms with Crippen LogP contribution in [0.25, 0.3) is 11.1 Å². The lowest BCUT2D eigenvalue weighted by atomic mass is 9.75. The summed E-state index contributed by atoms with van der Waals surface area (Å²) in [7, 11) is 0. The average Bonchev–Trinajstić information content (AvgIpc) is 3.40. The average molecular weight is 750 g/mol. The molecule has 2 aliphatic rings. The van der Waals surface area contributed by atoms with E-state index in [0.717, 1.165) is 19.3 Å². The minimum Gasteiger partial charge on any atom is -0.314 e. The minimum atomic E-state index is -0.115. The van der Waals surface area contributed by atoms with E-state index in [2.05, 4.69) is 182 Å². The van der Waals surface area contributed by atoms with Gasteiger partial charge in [-0.1, -0.05) is 140 Å². The van der Waals surface area contributed by atoms with Crippen LogP contribution in [0, 0.1) is 20.8 Å². The van der Waals surface area contributed by atoms with E-state index >= 15 is 0 Å². The second-order valence-electron chi connectivity index (χ2n) is 15.3. The Labute approximate surface area is 321 Å². The largest absolute Gasteiger partial charge is 0.314 e. The summed E-state index contributed by atoms with van der Waals surface area (Å²) < 4.78 is 1.26. The molecule has 52 heavy (non-hydrogen) atoms. The van der Waals surface area contributed by atoms with E-state index < -0.39 is 0 Å². The van der Waals surface area contributed by atoms with Crippen LogP contribution >= 0.6 is 15.9 Å². The van der Waals surface area contributed by atoms with E-state index in [-0.39, 0.29) is 5.41 Å². The maximum Gasteiger partial charge on any atom is 0.0465 e. The van der Waals surface area contributed by atoms with Crippen LogP contribution in [0.5, 0.6) is 0 Å². The predicted molar refractivity (Wildman–Crippen MR) is 228 cm³/mol. The van der Waals surface area contributed by atoms with E-state index in [1.807, 2.05) is 0 Å². The van der Waals surface area contributed by atoms with E-state index in [4.69, 9.17) is 0 Å². The second kappa shape index (κ2) is 15.7. The molecule has 0 aliphatic heterocycles. The topological polar surface area (TPSA) is 6.48 Å². The fraction of sp³-hybridized carbons (Fsp3) is 0.306. The molecule has 1 unspecified atom stereocenters. The lowest BCUT2D eigenvalue weighted by molar-refractivity contribution is 0.481. The SMILES string of the molecule is CCCCCCCCC1(C)c2cc(N(C3=CC=C(Br)CC3)c3ccc(C)cc3)ccc2-c2ccc(N(c3ccc(C)cc3)c3ccc(C)cc3)cc21. The number of halogens is 1. The van der Waals surface area contributed by atoms with Crippen LogP contribution in [0.15, 0.2) is 132 Å². The zero-order valence-corrected chi connectivity index (χ0v) is 33.3. The van der Waals surface area contributed by atoms with Gasteiger partial charge in [0, 0.05) is 39.5 Å². The quantitative estimate of drug-likeness (QED) is 0.111. The summed E-state index contributed by atoms with van der Waals surface area (Å²) in [5.74, 6) is 0. The standard InChI is InChI=1S/C49H53BrN2/c1-6-7-8-9-10-11-32-49(5)47-33-43(51(39-20-12-35(2)13-21-39)40-22-14-36(3)15-23-40)28-30-45(47)46-31-29-44(34-48(46)49)52(41-24-16-37(4)17-25-41)42-26-18-38(50)19-27-42/h12-18,20-26,28-31,33-34H,6-11,19,27,32H2,1-5H3. The number of nitrogens with zero attached hydrogens (tertiary/aromatic N) is 2. The van der Waals surface area contributed by atoms with Gasteiger partial charge in [-0.25, -0.2) is 0 Å². The van der Waals surface area contributed by atoms with E-state index in [0.29, 0.717) is 0 Å². The fourth-order valence-corrected chi connectivity index (χ4v) is 8.53. The summed E-state index contributed by atoms with van der Waals surface area (Å²) in [5.41, 5.74) is 16.7. The predicted octanol–water partition coefficient (Wildman–Crippen LogP) is 15.2. The first-order valence-corrected chi connectivity index (χ1v) is 20.2. The molecule has 0 fully saturated rings. The third-order valence-corrected chi connectivity index (χ3v) is 11.9. The molecular weight excluding hydrogens is 696 g/mol. The van der Waals surface area contributed by atoms with Crippen molar-refractivity contribution in [2.24, 2.45) is 0 Å². The van der Waals surface area contributed by atoms with Crippen molar-refractivity contribution in [2.75, 3.05) is 9.80 Å². The lowest BCUT2D eigenvalue weighted by Gasteiger charge is -2.33. The molecule has 0 radical (unpaired) electrons. The third-order valence-electron chi connectivity index (χ3n) is 11.3. The van der Waals surface area contributed by atoms with Crippen LogP contribution in [0.3, 0.4) is 0 Å². The molecule has 0 aromatic heterocycles. The van der Waals surface area contributed by atoms with Gasteiger partial charge in [-0.3, -0.25) is 0 Å². The number of rotatable bonds is 13. The number of unbranched alkanes of at least 4 members (excludes halogenated alkanes) is 5. The van der Waals surface area contributed by atoms with Crippen LogP contribution in [-0.2, 0) is 5.41 Å². The molecule has 0 heterocycles. The number of allylic oxidation sites excluding steroid dienone is 4. The van der Waals surface area contributed by atoms with Crippen molar-refractivity contribution in [3.63, 3.8) is 0 Å². The number of hydrogen-bond donors (Lipinski definition) is 0. The second-order valence-corrected chi connectivity index (χ2v) is 16.3. The summed E-state index contributed by atoms with van der Waals surface area (Å²) in [6, 6.07) is 41.5. The molecule has 7 rings (SSSR count). The monoisotopic (exact) mass is 748 g/mol. The molecule has 3 heteroatoms. The van der Waals surface area contributed by atoms with Crippen molar-refractivity contribution in [3.05, 3.63) is 159 Å². The maximum atomic E-state index is 3.75. The number of benzene rings is 5. The van der Waals surface area contributed by atoms with Crippen molar-refractivity contribution in [2.45, 2.75) is 97.8 Å². The van der Waals surface area contributed by atoms with Gasteiger partial charge in [-0.15, -0.1) is 0 Å². The van der Waals surface area contributed by atoms with Crippen molar-refractivity contribution in [3.8, 4) is 11.1 Å². The molecule has 0 saturated carbocycles. The van der Waals surface area contributed by atoms with Gasteiger partial charge in [0.15, 0.2) is 0 Å². The summed E-state index contributed by atoms with van der Waals surface area (Å²) in [6.07, 6.45) is 15.4. The normalized spacial score (nSPS) is 16.2. The van der Waals surface area contributed by atoms with Crippen LogP contribution in [0.4, 0.5) is 28.4 Å². The molecule has 0 amide bonds. The molecule has 0 bridgehead atoms. The maximum absolute atomic E-state index is 3.75.